The number of hydrogen-bond donors (Lipinski definition) is 0. The van der Waals surface area contributed by atoms with E-state index in [1.54, 1.807) is 7.11 Å². The van der Waals surface area contributed by atoms with Crippen LogP contribution in [0.15, 0.2) is 36.5 Å². The zero-order valence-corrected chi connectivity index (χ0v) is 7.82. The van der Waals surface area contributed by atoms with Gasteiger partial charge < -0.3 is 4.74 Å². The molecule has 2 rings (SSSR count). The quantitative estimate of drug-likeness (QED) is 0.599. The number of ether oxygens (including phenoxy) is 1. The van der Waals surface area contributed by atoms with E-state index in [0.29, 0.717) is 0 Å². The summed E-state index contributed by atoms with van der Waals surface area (Å²) in [6.45, 7) is 0. The van der Waals surface area contributed by atoms with Crippen LogP contribution in [0.3, 0.4) is 0 Å². The number of aryl methyl sites for hydroxylation is 1. The lowest BCUT2D eigenvalue weighted by atomic mass is 10.2. The highest BCUT2D eigenvalue weighted by molar-refractivity contribution is 5.85. The summed E-state index contributed by atoms with van der Waals surface area (Å²) in [6.07, 6.45) is 2.00. The van der Waals surface area contributed by atoms with Gasteiger partial charge in [0, 0.05) is 6.07 Å². The van der Waals surface area contributed by atoms with Crippen molar-refractivity contribution in [1.29, 1.82) is 0 Å². The molecule has 2 aromatic rings. The van der Waals surface area contributed by atoms with Crippen LogP contribution in [0.1, 0.15) is 0 Å². The SMILES string of the molecule is COc1c2ccccc2cc[n+]1C. The first-order chi connectivity index (χ1) is 6.33. The zero-order chi connectivity index (χ0) is 9.26. The largest absolute Gasteiger partial charge is 0.447 e. The van der Waals surface area contributed by atoms with E-state index in [4.69, 9.17) is 4.74 Å². The van der Waals surface area contributed by atoms with Gasteiger partial charge in [-0.1, -0.05) is 18.2 Å². The van der Waals surface area contributed by atoms with E-state index >= 15 is 0 Å². The highest BCUT2D eigenvalue weighted by Gasteiger charge is 2.10. The molecule has 0 saturated heterocycles. The maximum Gasteiger partial charge on any atom is 0.375 e. The number of rotatable bonds is 1. The Balaban J connectivity index is 2.84. The van der Waals surface area contributed by atoms with Crippen LogP contribution in [-0.4, -0.2) is 7.11 Å². The molecule has 0 amide bonds. The van der Waals surface area contributed by atoms with Crippen LogP contribution in [0.2, 0.25) is 0 Å². The second-order valence-electron chi connectivity index (χ2n) is 3.02. The molecule has 0 saturated carbocycles. The fourth-order valence-electron chi connectivity index (χ4n) is 1.54. The van der Waals surface area contributed by atoms with Gasteiger partial charge in [0.15, 0.2) is 6.20 Å². The van der Waals surface area contributed by atoms with Crippen molar-refractivity contribution in [3.63, 3.8) is 0 Å². The Labute approximate surface area is 77.4 Å². The second-order valence-corrected chi connectivity index (χ2v) is 3.02. The van der Waals surface area contributed by atoms with Gasteiger partial charge in [0.2, 0.25) is 0 Å². The monoisotopic (exact) mass is 174 g/mol. The van der Waals surface area contributed by atoms with Gasteiger partial charge in [0.1, 0.15) is 7.05 Å². The average Bonchev–Trinajstić information content (AvgIpc) is 2.18. The molecule has 0 fully saturated rings. The minimum atomic E-state index is 0.901. The second kappa shape index (κ2) is 3.05. The van der Waals surface area contributed by atoms with Crippen LogP contribution < -0.4 is 9.30 Å². The van der Waals surface area contributed by atoms with Gasteiger partial charge in [-0.3, -0.25) is 0 Å². The molecule has 0 radical (unpaired) electrons. The number of benzene rings is 1. The molecule has 0 N–H and O–H groups in total. The lowest BCUT2D eigenvalue weighted by Gasteiger charge is -2.01. The van der Waals surface area contributed by atoms with Crippen molar-refractivity contribution in [3.05, 3.63) is 36.5 Å². The Hall–Kier alpha value is -1.57. The summed E-state index contributed by atoms with van der Waals surface area (Å²) in [7, 11) is 3.67. The van der Waals surface area contributed by atoms with E-state index < -0.39 is 0 Å². The topological polar surface area (TPSA) is 13.1 Å². The van der Waals surface area contributed by atoms with Crippen molar-refractivity contribution < 1.29 is 9.30 Å². The van der Waals surface area contributed by atoms with Crippen molar-refractivity contribution in [2.24, 2.45) is 7.05 Å². The number of pyridine rings is 1. The smallest absolute Gasteiger partial charge is 0.375 e. The molecule has 0 aliphatic heterocycles. The number of aromatic nitrogens is 1. The summed E-state index contributed by atoms with van der Waals surface area (Å²) >= 11 is 0. The summed E-state index contributed by atoms with van der Waals surface area (Å²) < 4.78 is 7.30. The fourth-order valence-corrected chi connectivity index (χ4v) is 1.54. The molecule has 1 heterocycles. The molecule has 66 valence electrons. The van der Waals surface area contributed by atoms with Gasteiger partial charge in [-0.05, 0) is 11.5 Å². The standard InChI is InChI=1S/C11H12NO/c1-12-8-7-9-5-3-4-6-10(9)11(12)13-2/h3-8H,1-2H3/q+1. The molecule has 0 unspecified atom stereocenters. The molecular weight excluding hydrogens is 162 g/mol. The third-order valence-corrected chi connectivity index (χ3v) is 2.18. The Morgan fingerprint density at radius 2 is 1.92 bits per heavy atom. The molecule has 0 spiro atoms. The van der Waals surface area contributed by atoms with E-state index in [2.05, 4.69) is 18.2 Å². The molecule has 0 atom stereocenters. The highest BCUT2D eigenvalue weighted by Crippen LogP contribution is 2.19. The summed E-state index contributed by atoms with van der Waals surface area (Å²) in [4.78, 5) is 0. The molecule has 2 heteroatoms. The molecule has 0 aliphatic carbocycles. The van der Waals surface area contributed by atoms with Gasteiger partial charge in [0.25, 0.3) is 0 Å². The minimum Gasteiger partial charge on any atom is -0.447 e. The van der Waals surface area contributed by atoms with E-state index in [-0.39, 0.29) is 0 Å². The first-order valence-corrected chi connectivity index (χ1v) is 4.24. The zero-order valence-electron chi connectivity index (χ0n) is 7.82. The van der Waals surface area contributed by atoms with Gasteiger partial charge in [-0.25, -0.2) is 0 Å². The van der Waals surface area contributed by atoms with E-state index in [1.165, 1.54) is 5.39 Å². The fraction of sp³-hybridized carbons (Fsp3) is 0.182. The first kappa shape index (κ1) is 8.05. The lowest BCUT2D eigenvalue weighted by Crippen LogP contribution is -2.29. The first-order valence-electron chi connectivity index (χ1n) is 4.24. The highest BCUT2D eigenvalue weighted by atomic mass is 16.5. The van der Waals surface area contributed by atoms with E-state index in [0.717, 1.165) is 11.3 Å². The van der Waals surface area contributed by atoms with Gasteiger partial charge >= 0.3 is 5.88 Å². The van der Waals surface area contributed by atoms with Crippen LogP contribution >= 0.6 is 0 Å². The Morgan fingerprint density at radius 1 is 1.15 bits per heavy atom. The third kappa shape index (κ3) is 1.24. The summed E-state index contributed by atoms with van der Waals surface area (Å²) in [5.74, 6) is 0.901. The van der Waals surface area contributed by atoms with E-state index in [1.807, 2.05) is 29.9 Å². The minimum absolute atomic E-state index is 0.901. The Kier molecular flexibility index (Phi) is 1.89. The predicted octanol–water partition coefficient (Wildman–Crippen LogP) is 1.67. The van der Waals surface area contributed by atoms with Gasteiger partial charge in [-0.2, -0.15) is 4.57 Å². The molecule has 0 aliphatic rings. The maximum atomic E-state index is 5.32. The van der Waals surface area contributed by atoms with Crippen LogP contribution in [0.4, 0.5) is 0 Å². The van der Waals surface area contributed by atoms with Gasteiger partial charge in [-0.15, -0.1) is 0 Å². The van der Waals surface area contributed by atoms with Crippen LogP contribution in [0.25, 0.3) is 10.8 Å². The van der Waals surface area contributed by atoms with Gasteiger partial charge in [0.05, 0.1) is 12.5 Å². The number of hydrogen-bond acceptors (Lipinski definition) is 1. The molecule has 1 aromatic carbocycles. The van der Waals surface area contributed by atoms with Crippen molar-refractivity contribution >= 4 is 10.8 Å². The average molecular weight is 174 g/mol. The number of methoxy groups -OCH3 is 1. The molecule has 1 aromatic heterocycles. The van der Waals surface area contributed by atoms with Crippen molar-refractivity contribution in [2.75, 3.05) is 7.11 Å². The van der Waals surface area contributed by atoms with Crippen LogP contribution in [0.5, 0.6) is 5.88 Å². The number of nitrogens with zero attached hydrogens (tertiary/aromatic N) is 1. The van der Waals surface area contributed by atoms with Crippen molar-refractivity contribution in [1.82, 2.24) is 0 Å². The van der Waals surface area contributed by atoms with Crippen molar-refractivity contribution in [3.8, 4) is 5.88 Å². The maximum absolute atomic E-state index is 5.32. The molecular formula is C11H12NO+. The Morgan fingerprint density at radius 3 is 2.69 bits per heavy atom. The third-order valence-electron chi connectivity index (χ3n) is 2.18. The number of fused-ring (bicyclic) bond motifs is 1. The summed E-state index contributed by atoms with van der Waals surface area (Å²) in [6, 6.07) is 10.3. The van der Waals surface area contributed by atoms with Crippen LogP contribution in [-0.2, 0) is 7.05 Å². The van der Waals surface area contributed by atoms with Crippen LogP contribution in [0, 0.1) is 0 Å². The predicted molar refractivity (Wildman–Crippen MR) is 51.7 cm³/mol. The lowest BCUT2D eigenvalue weighted by molar-refractivity contribution is -0.675. The normalized spacial score (nSPS) is 10.3. The molecule has 2 nitrogen and oxygen atoms in total. The molecule has 0 bridgehead atoms. The summed E-state index contributed by atoms with van der Waals surface area (Å²) in [5.41, 5.74) is 0. The Bertz CT molecular complexity index is 437. The molecule has 13 heavy (non-hydrogen) atoms. The summed E-state index contributed by atoms with van der Waals surface area (Å²) in [5, 5.41) is 2.35. The van der Waals surface area contributed by atoms with E-state index in [9.17, 15) is 0 Å². The van der Waals surface area contributed by atoms with Crippen molar-refractivity contribution in [2.45, 2.75) is 0 Å².